The minimum Gasteiger partial charge on any atom is -0.497 e. The maximum absolute atomic E-state index is 12.5. The predicted octanol–water partition coefficient (Wildman–Crippen LogP) is 3.30. The first-order valence-electron chi connectivity index (χ1n) is 6.95. The van der Waals surface area contributed by atoms with Gasteiger partial charge in [-0.15, -0.1) is 0 Å². The quantitative estimate of drug-likeness (QED) is 0.765. The standard InChI is InChI=1S/C17H21NO3/c1-12-5-8-16(21-12)11-18(3)13(2)17(19)14-6-9-15(20-4)10-7-14/h5-10,13H,11H2,1-4H3. The zero-order chi connectivity index (χ0) is 15.4. The van der Waals surface area contributed by atoms with Crippen molar-refractivity contribution in [2.45, 2.75) is 26.4 Å². The number of benzene rings is 1. The number of methoxy groups -OCH3 is 1. The molecule has 0 aliphatic carbocycles. The Balaban J connectivity index is 2.03. The average molecular weight is 287 g/mol. The third-order valence-electron chi connectivity index (χ3n) is 3.62. The lowest BCUT2D eigenvalue weighted by Crippen LogP contribution is -2.35. The van der Waals surface area contributed by atoms with Gasteiger partial charge in [-0.1, -0.05) is 0 Å². The van der Waals surface area contributed by atoms with E-state index < -0.39 is 0 Å². The van der Waals surface area contributed by atoms with Gasteiger partial charge in [0.25, 0.3) is 0 Å². The molecule has 1 heterocycles. The molecule has 1 aromatic heterocycles. The van der Waals surface area contributed by atoms with Crippen molar-refractivity contribution in [3.05, 3.63) is 53.5 Å². The normalized spacial score (nSPS) is 12.4. The highest BCUT2D eigenvalue weighted by atomic mass is 16.5. The van der Waals surface area contributed by atoms with E-state index in [1.807, 2.05) is 37.9 Å². The Labute approximate surface area is 125 Å². The molecule has 0 fully saturated rings. The molecule has 4 heteroatoms. The van der Waals surface area contributed by atoms with Gasteiger partial charge >= 0.3 is 0 Å². The molecule has 21 heavy (non-hydrogen) atoms. The van der Waals surface area contributed by atoms with Crippen LogP contribution in [-0.4, -0.2) is 30.9 Å². The summed E-state index contributed by atoms with van der Waals surface area (Å²) in [6.07, 6.45) is 0. The van der Waals surface area contributed by atoms with Gasteiger partial charge in [0.2, 0.25) is 0 Å². The van der Waals surface area contributed by atoms with E-state index in [-0.39, 0.29) is 11.8 Å². The first-order chi connectivity index (χ1) is 10.0. The molecule has 0 aliphatic rings. The number of ether oxygens (including phenoxy) is 1. The SMILES string of the molecule is COc1ccc(C(=O)C(C)N(C)Cc2ccc(C)o2)cc1. The second-order valence-electron chi connectivity index (χ2n) is 5.20. The number of hydrogen-bond acceptors (Lipinski definition) is 4. The fraction of sp³-hybridized carbons (Fsp3) is 0.353. The van der Waals surface area contributed by atoms with E-state index in [4.69, 9.17) is 9.15 Å². The molecule has 1 aromatic carbocycles. The first-order valence-corrected chi connectivity index (χ1v) is 6.95. The van der Waals surface area contributed by atoms with Gasteiger partial charge in [-0.05, 0) is 57.3 Å². The second kappa shape index (κ2) is 6.59. The van der Waals surface area contributed by atoms with Crippen LogP contribution in [0, 0.1) is 6.92 Å². The summed E-state index contributed by atoms with van der Waals surface area (Å²) in [7, 11) is 3.53. The van der Waals surface area contributed by atoms with Gasteiger partial charge in [-0.2, -0.15) is 0 Å². The number of Topliss-reactive ketones (excluding diaryl/α,β-unsaturated/α-hetero) is 1. The number of carbonyl (C=O) groups excluding carboxylic acids is 1. The number of rotatable bonds is 6. The third kappa shape index (κ3) is 3.73. The summed E-state index contributed by atoms with van der Waals surface area (Å²) in [5.74, 6) is 2.58. The van der Waals surface area contributed by atoms with Crippen LogP contribution in [0.5, 0.6) is 5.75 Å². The Morgan fingerprint density at radius 1 is 1.24 bits per heavy atom. The summed E-state index contributed by atoms with van der Waals surface area (Å²) in [5, 5.41) is 0. The summed E-state index contributed by atoms with van der Waals surface area (Å²) < 4.78 is 10.7. The molecular formula is C17H21NO3. The van der Waals surface area contributed by atoms with Crippen LogP contribution in [0.1, 0.15) is 28.8 Å². The van der Waals surface area contributed by atoms with Crippen LogP contribution in [0.15, 0.2) is 40.8 Å². The van der Waals surface area contributed by atoms with Gasteiger partial charge in [0, 0.05) is 5.56 Å². The number of furan rings is 1. The Bertz CT molecular complexity index is 601. The van der Waals surface area contributed by atoms with Crippen LogP contribution in [0.2, 0.25) is 0 Å². The van der Waals surface area contributed by atoms with Crippen LogP contribution in [-0.2, 0) is 6.54 Å². The van der Waals surface area contributed by atoms with Gasteiger partial charge in [-0.25, -0.2) is 0 Å². The van der Waals surface area contributed by atoms with Crippen molar-refractivity contribution in [3.8, 4) is 5.75 Å². The number of likely N-dealkylation sites (N-methyl/N-ethyl adjacent to an activating group) is 1. The highest BCUT2D eigenvalue weighted by molar-refractivity contribution is 5.99. The molecule has 0 saturated heterocycles. The van der Waals surface area contributed by atoms with Crippen molar-refractivity contribution >= 4 is 5.78 Å². The summed E-state index contributed by atoms with van der Waals surface area (Å²) in [5.41, 5.74) is 0.686. The largest absolute Gasteiger partial charge is 0.497 e. The topological polar surface area (TPSA) is 42.7 Å². The summed E-state index contributed by atoms with van der Waals surface area (Å²) in [4.78, 5) is 14.4. The first kappa shape index (κ1) is 15.3. The van der Waals surface area contributed by atoms with Crippen molar-refractivity contribution in [2.75, 3.05) is 14.2 Å². The van der Waals surface area contributed by atoms with E-state index in [0.717, 1.165) is 17.3 Å². The molecule has 4 nitrogen and oxygen atoms in total. The minimum absolute atomic E-state index is 0.0865. The van der Waals surface area contributed by atoms with Crippen molar-refractivity contribution < 1.29 is 13.9 Å². The van der Waals surface area contributed by atoms with E-state index in [2.05, 4.69) is 0 Å². The van der Waals surface area contributed by atoms with Gasteiger partial charge in [0.15, 0.2) is 5.78 Å². The number of hydrogen-bond donors (Lipinski definition) is 0. The molecule has 0 radical (unpaired) electrons. The number of carbonyl (C=O) groups is 1. The van der Waals surface area contributed by atoms with Gasteiger partial charge < -0.3 is 9.15 Å². The minimum atomic E-state index is -0.219. The van der Waals surface area contributed by atoms with E-state index in [1.54, 1.807) is 31.4 Å². The molecule has 1 unspecified atom stereocenters. The van der Waals surface area contributed by atoms with Crippen LogP contribution in [0.3, 0.4) is 0 Å². The fourth-order valence-electron chi connectivity index (χ4n) is 2.15. The molecular weight excluding hydrogens is 266 g/mol. The maximum Gasteiger partial charge on any atom is 0.179 e. The molecule has 0 spiro atoms. The monoisotopic (exact) mass is 287 g/mol. The smallest absolute Gasteiger partial charge is 0.179 e. The molecule has 112 valence electrons. The molecule has 0 amide bonds. The van der Waals surface area contributed by atoms with Crippen molar-refractivity contribution in [1.82, 2.24) is 4.90 Å². The molecule has 1 atom stereocenters. The zero-order valence-electron chi connectivity index (χ0n) is 12.9. The summed E-state index contributed by atoms with van der Waals surface area (Å²) >= 11 is 0. The summed E-state index contributed by atoms with van der Waals surface area (Å²) in [6, 6.07) is 10.8. The van der Waals surface area contributed by atoms with Crippen LogP contribution in [0.4, 0.5) is 0 Å². The third-order valence-corrected chi connectivity index (χ3v) is 3.62. The maximum atomic E-state index is 12.5. The Morgan fingerprint density at radius 2 is 1.90 bits per heavy atom. The van der Waals surface area contributed by atoms with Crippen LogP contribution < -0.4 is 4.74 Å². The zero-order valence-corrected chi connectivity index (χ0v) is 12.9. The fourth-order valence-corrected chi connectivity index (χ4v) is 2.15. The van der Waals surface area contributed by atoms with Crippen molar-refractivity contribution in [3.63, 3.8) is 0 Å². The van der Waals surface area contributed by atoms with Crippen molar-refractivity contribution in [1.29, 1.82) is 0 Å². The molecule has 0 aliphatic heterocycles. The lowest BCUT2D eigenvalue weighted by molar-refractivity contribution is 0.0855. The molecule has 0 saturated carbocycles. The summed E-state index contributed by atoms with van der Waals surface area (Å²) in [6.45, 7) is 4.43. The lowest BCUT2D eigenvalue weighted by atomic mass is 10.0. The lowest BCUT2D eigenvalue weighted by Gasteiger charge is -2.22. The van der Waals surface area contributed by atoms with Crippen LogP contribution >= 0.6 is 0 Å². The van der Waals surface area contributed by atoms with E-state index in [0.29, 0.717) is 12.1 Å². The molecule has 2 rings (SSSR count). The molecule has 0 bridgehead atoms. The number of ketones is 1. The number of nitrogens with zero attached hydrogens (tertiary/aromatic N) is 1. The second-order valence-corrected chi connectivity index (χ2v) is 5.20. The van der Waals surface area contributed by atoms with Gasteiger partial charge in [0.05, 0.1) is 19.7 Å². The van der Waals surface area contributed by atoms with E-state index in [1.165, 1.54) is 0 Å². The van der Waals surface area contributed by atoms with Gasteiger partial charge in [-0.3, -0.25) is 9.69 Å². The Hall–Kier alpha value is -2.07. The molecule has 2 aromatic rings. The predicted molar refractivity (Wildman–Crippen MR) is 81.7 cm³/mol. The van der Waals surface area contributed by atoms with E-state index >= 15 is 0 Å². The van der Waals surface area contributed by atoms with Crippen molar-refractivity contribution in [2.24, 2.45) is 0 Å². The van der Waals surface area contributed by atoms with Gasteiger partial charge in [0.1, 0.15) is 17.3 Å². The highest BCUT2D eigenvalue weighted by Gasteiger charge is 2.20. The Morgan fingerprint density at radius 3 is 2.43 bits per heavy atom. The average Bonchev–Trinajstić information content (AvgIpc) is 2.90. The number of aryl methyl sites for hydroxylation is 1. The van der Waals surface area contributed by atoms with Crippen LogP contribution in [0.25, 0.3) is 0 Å². The molecule has 0 N–H and O–H groups in total. The van der Waals surface area contributed by atoms with E-state index in [9.17, 15) is 4.79 Å². The highest BCUT2D eigenvalue weighted by Crippen LogP contribution is 2.16. The Kier molecular flexibility index (Phi) is 4.81.